The molecule has 1 heterocycles. The fourth-order valence-electron chi connectivity index (χ4n) is 6.25. The number of hydrogen-bond donors (Lipinski definition) is 1. The van der Waals surface area contributed by atoms with Gasteiger partial charge in [-0.1, -0.05) is 43.7 Å². The number of carbonyl (C=O) groups is 2. The molecule has 2 aromatic carbocycles. The molecule has 0 radical (unpaired) electrons. The molecule has 1 saturated carbocycles. The van der Waals surface area contributed by atoms with Crippen LogP contribution in [0.2, 0.25) is 0 Å². The van der Waals surface area contributed by atoms with E-state index in [4.69, 9.17) is 0 Å². The van der Waals surface area contributed by atoms with Gasteiger partial charge in [-0.2, -0.15) is 0 Å². The van der Waals surface area contributed by atoms with Crippen LogP contribution in [0.5, 0.6) is 0 Å². The lowest BCUT2D eigenvalue weighted by molar-refractivity contribution is -0.0105. The lowest BCUT2D eigenvalue weighted by Crippen LogP contribution is -2.52. The summed E-state index contributed by atoms with van der Waals surface area (Å²) in [4.78, 5) is 32.4. The van der Waals surface area contributed by atoms with Crippen molar-refractivity contribution in [2.75, 3.05) is 51.1 Å². The van der Waals surface area contributed by atoms with Crippen LogP contribution < -0.4 is 5.32 Å². The van der Waals surface area contributed by atoms with Crippen LogP contribution in [0.25, 0.3) is 0 Å². The van der Waals surface area contributed by atoms with Gasteiger partial charge in [-0.15, -0.1) is 0 Å². The van der Waals surface area contributed by atoms with Gasteiger partial charge >= 0.3 is 6.03 Å². The maximum absolute atomic E-state index is 13.5. The lowest BCUT2D eigenvalue weighted by atomic mass is 9.49. The van der Waals surface area contributed by atoms with Gasteiger partial charge in [0.15, 0.2) is 0 Å². The van der Waals surface area contributed by atoms with Crippen LogP contribution in [0.15, 0.2) is 60.2 Å². The minimum atomic E-state index is -0.338. The molecular formula is C31H39FN4O2. The number of rotatable bonds is 7. The Kier molecular flexibility index (Phi) is 7.57. The van der Waals surface area contributed by atoms with Gasteiger partial charge in [-0.3, -0.25) is 9.69 Å². The summed E-state index contributed by atoms with van der Waals surface area (Å²) in [6.45, 7) is 11.5. The summed E-state index contributed by atoms with van der Waals surface area (Å²) in [7, 11) is 0. The van der Waals surface area contributed by atoms with E-state index in [1.165, 1.54) is 24.1 Å². The standard InChI is InChI=1S/C31H39FN4O2/c1-22-6-4-5-7-28(22)33-30(38)35-17-14-34(15-18-35)16-19-36(29(37)23-9-12-26(32)13-10-23)21-24-8-11-25-20-27(24)31(25,2)3/h4-10,12-13,25,27H,11,14-21H2,1-3H3,(H,33,38). The van der Waals surface area contributed by atoms with E-state index in [-0.39, 0.29) is 17.8 Å². The highest BCUT2D eigenvalue weighted by Gasteiger charge is 2.51. The number of aryl methyl sites for hydroxylation is 1. The van der Waals surface area contributed by atoms with Crippen LogP contribution in [-0.2, 0) is 0 Å². The van der Waals surface area contributed by atoms with Crippen LogP contribution in [0.4, 0.5) is 14.9 Å². The summed E-state index contributed by atoms with van der Waals surface area (Å²) >= 11 is 0. The Morgan fingerprint density at radius 3 is 2.42 bits per heavy atom. The summed E-state index contributed by atoms with van der Waals surface area (Å²) in [5.41, 5.74) is 4.06. The maximum Gasteiger partial charge on any atom is 0.321 e. The topological polar surface area (TPSA) is 55.9 Å². The summed E-state index contributed by atoms with van der Waals surface area (Å²) in [5.74, 6) is 0.882. The number of nitrogens with zero attached hydrogens (tertiary/aromatic N) is 3. The largest absolute Gasteiger partial charge is 0.333 e. The molecule has 0 spiro atoms. The number of amides is 3. The lowest BCUT2D eigenvalue weighted by Gasteiger charge is -2.57. The average molecular weight is 519 g/mol. The molecule has 38 heavy (non-hydrogen) atoms. The summed E-state index contributed by atoms with van der Waals surface area (Å²) < 4.78 is 13.5. The van der Waals surface area contributed by atoms with Crippen LogP contribution in [0, 0.1) is 30.0 Å². The average Bonchev–Trinajstić information content (AvgIpc) is 2.92. The summed E-state index contributed by atoms with van der Waals surface area (Å²) in [6.07, 6.45) is 4.65. The summed E-state index contributed by atoms with van der Waals surface area (Å²) in [6, 6.07) is 13.6. The molecule has 2 unspecified atom stereocenters. The third-order valence-corrected chi connectivity index (χ3v) is 9.07. The van der Waals surface area contributed by atoms with Crippen LogP contribution >= 0.6 is 0 Å². The van der Waals surface area contributed by atoms with E-state index in [0.29, 0.717) is 43.1 Å². The Hall–Kier alpha value is -3.19. The molecule has 3 aliphatic carbocycles. The van der Waals surface area contributed by atoms with Gasteiger partial charge in [-0.05, 0) is 72.9 Å². The summed E-state index contributed by atoms with van der Waals surface area (Å²) in [5, 5.41) is 3.02. The molecular weight excluding hydrogens is 479 g/mol. The molecule has 2 aromatic rings. The number of halogens is 1. The second-order valence-corrected chi connectivity index (χ2v) is 11.6. The van der Waals surface area contributed by atoms with Crippen LogP contribution in [-0.4, -0.2) is 72.5 Å². The number of carbonyl (C=O) groups excluding carboxylic acids is 2. The quantitative estimate of drug-likeness (QED) is 0.498. The van der Waals surface area contributed by atoms with E-state index in [1.54, 1.807) is 12.1 Å². The number of hydrogen-bond acceptors (Lipinski definition) is 3. The molecule has 7 heteroatoms. The molecule has 6 rings (SSSR count). The van der Waals surface area contributed by atoms with E-state index < -0.39 is 0 Å². The highest BCUT2D eigenvalue weighted by molar-refractivity contribution is 5.94. The number of nitrogens with one attached hydrogen (secondary N) is 1. The number of piperazine rings is 1. The number of fused-ring (bicyclic) bond motifs is 1. The fraction of sp³-hybridized carbons (Fsp3) is 0.484. The van der Waals surface area contributed by atoms with E-state index in [9.17, 15) is 14.0 Å². The third kappa shape index (κ3) is 5.48. The monoisotopic (exact) mass is 518 g/mol. The van der Waals surface area contributed by atoms with Crippen molar-refractivity contribution in [1.29, 1.82) is 0 Å². The van der Waals surface area contributed by atoms with E-state index in [0.717, 1.165) is 43.2 Å². The van der Waals surface area contributed by atoms with Gasteiger partial charge in [0.1, 0.15) is 5.82 Å². The second kappa shape index (κ2) is 10.9. The highest BCUT2D eigenvalue weighted by atomic mass is 19.1. The first-order valence-corrected chi connectivity index (χ1v) is 13.8. The van der Waals surface area contributed by atoms with Crippen molar-refractivity contribution in [3.05, 3.63) is 77.1 Å². The molecule has 202 valence electrons. The van der Waals surface area contributed by atoms with Gasteiger partial charge in [0.05, 0.1) is 0 Å². The Morgan fingerprint density at radius 1 is 1.05 bits per heavy atom. The Balaban J connectivity index is 1.19. The zero-order valence-electron chi connectivity index (χ0n) is 22.8. The number of anilines is 1. The molecule has 6 nitrogen and oxygen atoms in total. The fourth-order valence-corrected chi connectivity index (χ4v) is 6.25. The Bertz CT molecular complexity index is 1200. The predicted octanol–water partition coefficient (Wildman–Crippen LogP) is 5.42. The van der Waals surface area contributed by atoms with E-state index in [1.807, 2.05) is 41.0 Å². The number of benzene rings is 2. The Labute approximate surface area is 225 Å². The van der Waals surface area contributed by atoms with Crippen molar-refractivity contribution in [2.24, 2.45) is 17.3 Å². The molecule has 1 N–H and O–H groups in total. The van der Waals surface area contributed by atoms with Crippen molar-refractivity contribution in [1.82, 2.24) is 14.7 Å². The second-order valence-electron chi connectivity index (χ2n) is 11.6. The van der Waals surface area contributed by atoms with Gasteiger partial charge in [0, 0.05) is 57.1 Å². The molecule has 2 atom stereocenters. The zero-order valence-corrected chi connectivity index (χ0v) is 22.8. The van der Waals surface area contributed by atoms with Crippen molar-refractivity contribution >= 4 is 17.6 Å². The Morgan fingerprint density at radius 2 is 1.76 bits per heavy atom. The number of para-hydroxylation sites is 1. The first-order valence-electron chi connectivity index (χ1n) is 13.8. The van der Waals surface area contributed by atoms with Crippen LogP contribution in [0.3, 0.4) is 0 Å². The van der Waals surface area contributed by atoms with Gasteiger partial charge < -0.3 is 15.1 Å². The van der Waals surface area contributed by atoms with Gasteiger partial charge in [0.25, 0.3) is 5.91 Å². The smallest absolute Gasteiger partial charge is 0.321 e. The normalized spacial score (nSPS) is 22.3. The maximum atomic E-state index is 13.5. The molecule has 1 aliphatic heterocycles. The van der Waals surface area contributed by atoms with Crippen molar-refractivity contribution in [2.45, 2.75) is 33.6 Å². The molecule has 4 aliphatic rings. The van der Waals surface area contributed by atoms with Crippen molar-refractivity contribution < 1.29 is 14.0 Å². The third-order valence-electron chi connectivity index (χ3n) is 9.07. The van der Waals surface area contributed by atoms with Crippen molar-refractivity contribution in [3.8, 4) is 0 Å². The molecule has 2 fully saturated rings. The van der Waals surface area contributed by atoms with Crippen LogP contribution in [0.1, 0.15) is 42.6 Å². The predicted molar refractivity (Wildman–Crippen MR) is 149 cm³/mol. The number of urea groups is 1. The van der Waals surface area contributed by atoms with Gasteiger partial charge in [-0.25, -0.2) is 9.18 Å². The van der Waals surface area contributed by atoms with Gasteiger partial charge in [0.2, 0.25) is 0 Å². The zero-order chi connectivity index (χ0) is 26.9. The molecule has 2 bridgehead atoms. The molecule has 3 amide bonds. The van der Waals surface area contributed by atoms with E-state index >= 15 is 0 Å². The minimum absolute atomic E-state index is 0.0543. The number of allylic oxidation sites excluding steroid dienone is 1. The van der Waals surface area contributed by atoms with E-state index in [2.05, 4.69) is 30.1 Å². The molecule has 0 aromatic heterocycles. The molecule has 1 saturated heterocycles. The SMILES string of the molecule is Cc1ccccc1NC(=O)N1CCN(CCN(CC2=CCC3CC2C3(C)C)C(=O)c2ccc(F)cc2)CC1. The van der Waals surface area contributed by atoms with Crippen molar-refractivity contribution in [3.63, 3.8) is 0 Å². The minimum Gasteiger partial charge on any atom is -0.333 e. The first-order chi connectivity index (χ1) is 18.2. The first kappa shape index (κ1) is 26.4. The highest BCUT2D eigenvalue weighted by Crippen LogP contribution is 2.59.